The fourth-order valence-electron chi connectivity index (χ4n) is 2.88. The molecular formula is C24H28O7. The van der Waals surface area contributed by atoms with Gasteiger partial charge in [0.05, 0.1) is 31.1 Å². The van der Waals surface area contributed by atoms with Gasteiger partial charge in [0, 0.05) is 0 Å². The summed E-state index contributed by atoms with van der Waals surface area (Å²) in [5.41, 5.74) is 2.18. The van der Waals surface area contributed by atoms with Gasteiger partial charge in [0.25, 0.3) is 0 Å². The molecule has 2 aromatic rings. The van der Waals surface area contributed by atoms with Crippen molar-refractivity contribution >= 4 is 17.9 Å². The zero-order chi connectivity index (χ0) is 22.6. The number of ether oxygens (including phenoxy) is 2. The molecule has 7 nitrogen and oxygen atoms in total. The van der Waals surface area contributed by atoms with Gasteiger partial charge in [-0.15, -0.1) is 0 Å². The normalized spacial score (nSPS) is 11.5. The maximum atomic E-state index is 11.5. The Labute approximate surface area is 181 Å². The second kappa shape index (κ2) is 12.4. The van der Waals surface area contributed by atoms with Crippen LogP contribution in [0.1, 0.15) is 49.4 Å². The molecular weight excluding hydrogens is 400 g/mol. The van der Waals surface area contributed by atoms with Crippen molar-refractivity contribution in [3.63, 3.8) is 0 Å². The van der Waals surface area contributed by atoms with E-state index in [9.17, 15) is 14.4 Å². The molecule has 0 bridgehead atoms. The Bertz CT molecular complexity index is 857. The Morgan fingerprint density at radius 3 is 1.90 bits per heavy atom. The van der Waals surface area contributed by atoms with Crippen LogP contribution in [0.4, 0.5) is 0 Å². The summed E-state index contributed by atoms with van der Waals surface area (Å²) in [5, 5.41) is 17.7. The van der Waals surface area contributed by atoms with Crippen LogP contribution in [0, 0.1) is 5.92 Å². The Balaban J connectivity index is 1.59. The number of rotatable bonds is 13. The summed E-state index contributed by atoms with van der Waals surface area (Å²) in [6, 6.07) is 14.4. The predicted octanol–water partition coefficient (Wildman–Crippen LogP) is 4.65. The van der Waals surface area contributed by atoms with E-state index in [1.165, 1.54) is 6.92 Å². The first-order valence-electron chi connectivity index (χ1n) is 10.3. The molecule has 31 heavy (non-hydrogen) atoms. The number of carboxylic acids is 2. The van der Waals surface area contributed by atoms with Gasteiger partial charge in [-0.25, -0.2) is 4.79 Å². The quantitative estimate of drug-likeness (QED) is 0.353. The lowest BCUT2D eigenvalue weighted by Gasteiger charge is -2.09. The van der Waals surface area contributed by atoms with Crippen LogP contribution in [0.15, 0.2) is 48.5 Å². The minimum absolute atomic E-state index is 0.102. The molecule has 0 fully saturated rings. The fourth-order valence-corrected chi connectivity index (χ4v) is 2.88. The lowest BCUT2D eigenvalue weighted by atomic mass is 10.0. The summed E-state index contributed by atoms with van der Waals surface area (Å²) in [5.74, 6) is -2.37. The van der Waals surface area contributed by atoms with Crippen LogP contribution in [0.3, 0.4) is 0 Å². The summed E-state index contributed by atoms with van der Waals surface area (Å²) < 4.78 is 10.8. The number of hydrogen-bond acceptors (Lipinski definition) is 5. The van der Waals surface area contributed by atoms with Crippen molar-refractivity contribution in [2.24, 2.45) is 5.92 Å². The number of carboxylic acid groups (broad SMARTS) is 2. The van der Waals surface area contributed by atoms with Gasteiger partial charge in [0.2, 0.25) is 0 Å². The van der Waals surface area contributed by atoms with Gasteiger partial charge in [-0.2, -0.15) is 0 Å². The van der Waals surface area contributed by atoms with Gasteiger partial charge < -0.3 is 19.7 Å². The topological polar surface area (TPSA) is 110 Å². The molecule has 0 saturated heterocycles. The van der Waals surface area contributed by atoms with E-state index in [-0.39, 0.29) is 12.0 Å². The van der Waals surface area contributed by atoms with E-state index in [1.54, 1.807) is 24.3 Å². The lowest BCUT2D eigenvalue weighted by molar-refractivity contribution is -0.151. The van der Waals surface area contributed by atoms with Gasteiger partial charge in [0.15, 0.2) is 0 Å². The summed E-state index contributed by atoms with van der Waals surface area (Å²) in [6.45, 7) is 2.37. The monoisotopic (exact) mass is 428 g/mol. The summed E-state index contributed by atoms with van der Waals surface area (Å²) >= 11 is 0. The first-order valence-corrected chi connectivity index (χ1v) is 10.3. The Hall–Kier alpha value is -3.35. The van der Waals surface area contributed by atoms with Gasteiger partial charge >= 0.3 is 17.9 Å². The summed E-state index contributed by atoms with van der Waals surface area (Å²) in [7, 11) is 0. The van der Waals surface area contributed by atoms with E-state index in [2.05, 4.69) is 0 Å². The molecule has 2 N–H and O–H groups in total. The molecule has 166 valence electrons. The van der Waals surface area contributed by atoms with Gasteiger partial charge in [-0.1, -0.05) is 31.2 Å². The van der Waals surface area contributed by atoms with E-state index in [4.69, 9.17) is 19.7 Å². The Morgan fingerprint density at radius 2 is 1.35 bits per heavy atom. The Kier molecular flexibility index (Phi) is 9.55. The largest absolute Gasteiger partial charge is 0.494 e. The number of hydrogen-bond donors (Lipinski definition) is 2. The number of carbonyl (C=O) groups is 3. The van der Waals surface area contributed by atoms with Crippen LogP contribution in [0.5, 0.6) is 5.75 Å². The molecule has 0 spiro atoms. The second-order valence-electron chi connectivity index (χ2n) is 7.33. The minimum atomic E-state index is -0.999. The number of aromatic carboxylic acids is 1. The second-order valence-corrected chi connectivity index (χ2v) is 7.33. The van der Waals surface area contributed by atoms with E-state index in [0.29, 0.717) is 13.2 Å². The molecule has 1 atom stereocenters. The fraction of sp³-hybridized carbons (Fsp3) is 0.375. The zero-order valence-electron chi connectivity index (χ0n) is 17.6. The zero-order valence-corrected chi connectivity index (χ0v) is 17.6. The van der Waals surface area contributed by atoms with Crippen molar-refractivity contribution < 1.29 is 34.1 Å². The highest BCUT2D eigenvalue weighted by molar-refractivity contribution is 5.88. The smallest absolute Gasteiger partial charge is 0.335 e. The molecule has 0 radical (unpaired) electrons. The highest BCUT2D eigenvalue weighted by atomic mass is 16.5. The van der Waals surface area contributed by atoms with Crippen LogP contribution in [0.25, 0.3) is 11.1 Å². The van der Waals surface area contributed by atoms with Crippen molar-refractivity contribution in [3.05, 3.63) is 54.1 Å². The lowest BCUT2D eigenvalue weighted by Crippen LogP contribution is -2.16. The van der Waals surface area contributed by atoms with Crippen molar-refractivity contribution in [3.8, 4) is 16.9 Å². The van der Waals surface area contributed by atoms with Gasteiger partial charge in [-0.05, 0) is 61.1 Å². The Morgan fingerprint density at radius 1 is 0.806 bits per heavy atom. The van der Waals surface area contributed by atoms with Gasteiger partial charge in [0.1, 0.15) is 5.75 Å². The van der Waals surface area contributed by atoms with E-state index in [0.717, 1.165) is 42.6 Å². The number of aliphatic carboxylic acids is 1. The average Bonchev–Trinajstić information content (AvgIpc) is 2.76. The van der Waals surface area contributed by atoms with Crippen LogP contribution in [0.2, 0.25) is 0 Å². The SMILES string of the molecule is CC(CC(=O)OCCCCCCOc1ccc(-c2ccc(C(=O)O)cc2)cc1)C(=O)O. The third kappa shape index (κ3) is 8.50. The minimum Gasteiger partial charge on any atom is -0.494 e. The van der Waals surface area contributed by atoms with E-state index in [1.807, 2.05) is 24.3 Å². The van der Waals surface area contributed by atoms with E-state index >= 15 is 0 Å². The molecule has 0 amide bonds. The van der Waals surface area contributed by atoms with Crippen LogP contribution >= 0.6 is 0 Å². The summed E-state index contributed by atoms with van der Waals surface area (Å²) in [4.78, 5) is 33.1. The van der Waals surface area contributed by atoms with Crippen molar-refractivity contribution in [1.82, 2.24) is 0 Å². The molecule has 1 unspecified atom stereocenters. The number of benzene rings is 2. The van der Waals surface area contributed by atoms with Crippen LogP contribution in [-0.2, 0) is 14.3 Å². The first kappa shape index (κ1) is 23.9. The van der Waals surface area contributed by atoms with Crippen LogP contribution in [-0.4, -0.2) is 41.3 Å². The predicted molar refractivity (Wildman–Crippen MR) is 115 cm³/mol. The van der Waals surface area contributed by atoms with Crippen molar-refractivity contribution in [2.75, 3.05) is 13.2 Å². The van der Waals surface area contributed by atoms with Gasteiger partial charge in [-0.3, -0.25) is 9.59 Å². The third-order valence-electron chi connectivity index (χ3n) is 4.78. The molecule has 0 aliphatic heterocycles. The van der Waals surface area contributed by atoms with Crippen molar-refractivity contribution in [2.45, 2.75) is 39.0 Å². The molecule has 2 aromatic carbocycles. The maximum Gasteiger partial charge on any atom is 0.335 e. The van der Waals surface area contributed by atoms with Crippen LogP contribution < -0.4 is 4.74 Å². The molecule has 0 aromatic heterocycles. The number of carbonyl (C=O) groups excluding carboxylic acids is 1. The molecule has 0 aliphatic rings. The number of unbranched alkanes of at least 4 members (excludes halogenated alkanes) is 3. The number of esters is 1. The molecule has 0 heterocycles. The van der Waals surface area contributed by atoms with Crippen molar-refractivity contribution in [1.29, 1.82) is 0 Å². The highest BCUT2D eigenvalue weighted by Gasteiger charge is 2.16. The maximum absolute atomic E-state index is 11.5. The molecule has 2 rings (SSSR count). The highest BCUT2D eigenvalue weighted by Crippen LogP contribution is 2.23. The first-order chi connectivity index (χ1) is 14.9. The third-order valence-corrected chi connectivity index (χ3v) is 4.78. The van der Waals surface area contributed by atoms with E-state index < -0.39 is 23.8 Å². The molecule has 0 saturated carbocycles. The molecule has 7 heteroatoms. The standard InChI is InChI=1S/C24H28O7/c1-17(23(26)27)16-22(25)31-15-5-3-2-4-14-30-21-12-10-19(11-13-21)18-6-8-20(9-7-18)24(28)29/h6-13,17H,2-5,14-16H2,1H3,(H,26,27)(H,28,29). The summed E-state index contributed by atoms with van der Waals surface area (Å²) in [6.07, 6.45) is 3.36. The average molecular weight is 428 g/mol. The molecule has 0 aliphatic carbocycles.